The van der Waals surface area contributed by atoms with Gasteiger partial charge in [-0.3, -0.25) is 4.79 Å². The molecule has 5 rings (SSSR count). The lowest BCUT2D eigenvalue weighted by Gasteiger charge is -2.45. The van der Waals surface area contributed by atoms with Crippen molar-refractivity contribution in [1.82, 2.24) is 0 Å². The SMILES string of the molecule is Cc1ccc2c(c1)OC(C)(c1ccc(C)cc1OC(=O)C13CCC(C)(C(=O)O1)C3(C)C)CC2(C)C. The zero-order valence-electron chi connectivity index (χ0n) is 22.1. The lowest BCUT2D eigenvalue weighted by Crippen LogP contribution is -2.50. The van der Waals surface area contributed by atoms with Gasteiger partial charge < -0.3 is 14.2 Å². The van der Waals surface area contributed by atoms with Crippen LogP contribution in [0.5, 0.6) is 11.5 Å². The minimum absolute atomic E-state index is 0.142. The highest BCUT2D eigenvalue weighted by molar-refractivity contribution is 5.94. The van der Waals surface area contributed by atoms with Gasteiger partial charge in [-0.2, -0.15) is 0 Å². The van der Waals surface area contributed by atoms with E-state index in [1.807, 2.05) is 45.9 Å². The summed E-state index contributed by atoms with van der Waals surface area (Å²) < 4.78 is 18.6. The number of carbonyl (C=O) groups excluding carboxylic acids is 2. The van der Waals surface area contributed by atoms with E-state index >= 15 is 0 Å². The molecule has 2 fully saturated rings. The molecule has 186 valence electrons. The molecule has 3 atom stereocenters. The van der Waals surface area contributed by atoms with E-state index in [0.717, 1.165) is 22.4 Å². The zero-order chi connectivity index (χ0) is 25.6. The molecular formula is C30H36O5. The molecule has 1 saturated carbocycles. The Kier molecular flexibility index (Phi) is 4.86. The number of ether oxygens (including phenoxy) is 3. The number of hydrogen-bond acceptors (Lipinski definition) is 5. The molecule has 5 nitrogen and oxygen atoms in total. The average molecular weight is 477 g/mol. The lowest BCUT2D eigenvalue weighted by molar-refractivity contribution is -0.176. The molecule has 35 heavy (non-hydrogen) atoms. The van der Waals surface area contributed by atoms with Crippen molar-refractivity contribution in [3.05, 3.63) is 58.7 Å². The van der Waals surface area contributed by atoms with Crippen LogP contribution in [0.15, 0.2) is 36.4 Å². The summed E-state index contributed by atoms with van der Waals surface area (Å²) in [5, 5.41) is 0. The summed E-state index contributed by atoms with van der Waals surface area (Å²) in [4.78, 5) is 26.5. The fourth-order valence-corrected chi connectivity index (χ4v) is 6.68. The van der Waals surface area contributed by atoms with Crippen LogP contribution in [0, 0.1) is 24.7 Å². The Morgan fingerprint density at radius 2 is 1.49 bits per heavy atom. The molecule has 0 radical (unpaired) electrons. The van der Waals surface area contributed by atoms with Gasteiger partial charge >= 0.3 is 11.9 Å². The van der Waals surface area contributed by atoms with E-state index in [-0.39, 0.29) is 11.4 Å². The van der Waals surface area contributed by atoms with Crippen LogP contribution in [-0.2, 0) is 25.3 Å². The predicted octanol–water partition coefficient (Wildman–Crippen LogP) is 6.31. The van der Waals surface area contributed by atoms with Crippen molar-refractivity contribution >= 4 is 11.9 Å². The smallest absolute Gasteiger partial charge is 0.356 e. The normalized spacial score (nSPS) is 31.9. The lowest BCUT2D eigenvalue weighted by atomic mass is 9.66. The maximum absolute atomic E-state index is 13.8. The van der Waals surface area contributed by atoms with Gasteiger partial charge in [-0.05, 0) is 74.8 Å². The molecule has 2 aliphatic heterocycles. The van der Waals surface area contributed by atoms with Crippen LogP contribution >= 0.6 is 0 Å². The van der Waals surface area contributed by atoms with Crippen LogP contribution in [-0.4, -0.2) is 17.5 Å². The molecule has 2 heterocycles. The topological polar surface area (TPSA) is 61.8 Å². The Bertz CT molecular complexity index is 1260. The van der Waals surface area contributed by atoms with E-state index in [2.05, 4.69) is 45.9 Å². The van der Waals surface area contributed by atoms with E-state index in [9.17, 15) is 9.59 Å². The van der Waals surface area contributed by atoms with E-state index in [1.54, 1.807) is 0 Å². The van der Waals surface area contributed by atoms with Gasteiger partial charge in [0.2, 0.25) is 5.60 Å². The minimum Gasteiger partial charge on any atom is -0.482 e. The number of carbonyl (C=O) groups is 2. The highest BCUT2D eigenvalue weighted by atomic mass is 16.6. The molecule has 2 aromatic carbocycles. The molecule has 1 saturated heterocycles. The second-order valence-electron chi connectivity index (χ2n) is 12.5. The van der Waals surface area contributed by atoms with E-state index < -0.39 is 28.0 Å². The number of benzene rings is 2. The van der Waals surface area contributed by atoms with Gasteiger partial charge in [0.1, 0.15) is 17.1 Å². The number of hydrogen-bond donors (Lipinski definition) is 0. The van der Waals surface area contributed by atoms with Crippen LogP contribution in [0.2, 0.25) is 0 Å². The third kappa shape index (κ3) is 3.12. The van der Waals surface area contributed by atoms with Crippen LogP contribution in [0.3, 0.4) is 0 Å². The number of esters is 2. The monoisotopic (exact) mass is 476 g/mol. The molecule has 1 aliphatic carbocycles. The first kappa shape index (κ1) is 23.9. The van der Waals surface area contributed by atoms with E-state index in [0.29, 0.717) is 25.0 Å². The maximum atomic E-state index is 13.8. The molecule has 2 aromatic rings. The van der Waals surface area contributed by atoms with Crippen molar-refractivity contribution in [3.63, 3.8) is 0 Å². The Morgan fingerprint density at radius 3 is 2.09 bits per heavy atom. The Labute approximate surface area is 208 Å². The molecule has 0 aromatic heterocycles. The molecule has 5 heteroatoms. The summed E-state index contributed by atoms with van der Waals surface area (Å²) in [6.45, 7) is 16.3. The second-order valence-corrected chi connectivity index (χ2v) is 12.5. The third-order valence-corrected chi connectivity index (χ3v) is 9.30. The van der Waals surface area contributed by atoms with E-state index in [1.165, 1.54) is 5.56 Å². The van der Waals surface area contributed by atoms with Gasteiger partial charge in [0.15, 0.2) is 0 Å². The fraction of sp³-hybridized carbons (Fsp3) is 0.533. The van der Waals surface area contributed by atoms with Gasteiger partial charge in [0, 0.05) is 17.4 Å². The predicted molar refractivity (Wildman–Crippen MR) is 134 cm³/mol. The van der Waals surface area contributed by atoms with Crippen molar-refractivity contribution in [3.8, 4) is 11.5 Å². The summed E-state index contributed by atoms with van der Waals surface area (Å²) in [6.07, 6.45) is 1.79. The highest BCUT2D eigenvalue weighted by Gasteiger charge is 2.76. The quantitative estimate of drug-likeness (QED) is 0.384. The largest absolute Gasteiger partial charge is 0.482 e. The molecule has 0 N–H and O–H groups in total. The average Bonchev–Trinajstić information content (AvgIpc) is 3.03. The van der Waals surface area contributed by atoms with Crippen LogP contribution in [0.25, 0.3) is 0 Å². The van der Waals surface area contributed by atoms with Gasteiger partial charge in [0.25, 0.3) is 0 Å². The molecule has 0 spiro atoms. The zero-order valence-corrected chi connectivity index (χ0v) is 22.1. The van der Waals surface area contributed by atoms with Gasteiger partial charge in [0.05, 0.1) is 5.41 Å². The first-order chi connectivity index (χ1) is 16.2. The maximum Gasteiger partial charge on any atom is 0.356 e. The molecule has 3 unspecified atom stereocenters. The van der Waals surface area contributed by atoms with Gasteiger partial charge in [-0.15, -0.1) is 0 Å². The fourth-order valence-electron chi connectivity index (χ4n) is 6.68. The first-order valence-corrected chi connectivity index (χ1v) is 12.5. The minimum atomic E-state index is -1.28. The molecule has 2 bridgehead atoms. The molecule has 0 amide bonds. The number of fused-ring (bicyclic) bond motifs is 3. The highest BCUT2D eigenvalue weighted by Crippen LogP contribution is 2.66. The van der Waals surface area contributed by atoms with Crippen LogP contribution < -0.4 is 9.47 Å². The summed E-state index contributed by atoms with van der Waals surface area (Å²) in [7, 11) is 0. The van der Waals surface area contributed by atoms with Gasteiger partial charge in [-0.25, -0.2) is 4.79 Å². The summed E-state index contributed by atoms with van der Waals surface area (Å²) in [5.41, 5.74) is 0.612. The Balaban J connectivity index is 1.55. The van der Waals surface area contributed by atoms with Crippen molar-refractivity contribution in [2.75, 3.05) is 0 Å². The summed E-state index contributed by atoms with van der Waals surface area (Å²) in [6, 6.07) is 12.2. The van der Waals surface area contributed by atoms with Crippen LogP contribution in [0.4, 0.5) is 0 Å². The third-order valence-electron chi connectivity index (χ3n) is 9.30. The van der Waals surface area contributed by atoms with Gasteiger partial charge in [-0.1, -0.05) is 52.0 Å². The molecular weight excluding hydrogens is 440 g/mol. The number of aryl methyl sites for hydroxylation is 2. The second kappa shape index (κ2) is 7.11. The number of rotatable bonds is 3. The van der Waals surface area contributed by atoms with Crippen molar-refractivity contribution < 1.29 is 23.8 Å². The standard InChI is InChI=1S/C30H36O5/c1-18-10-12-21(29(8)17-26(3,4)20-11-9-19(2)16-23(20)34-29)22(15-18)33-25(32)30-14-13-28(7,24(31)35-30)27(30,5)6/h9-12,15-16H,13-14,17H2,1-8H3. The Hall–Kier alpha value is -2.82. The summed E-state index contributed by atoms with van der Waals surface area (Å²) in [5.74, 6) is 0.508. The van der Waals surface area contributed by atoms with Crippen LogP contribution in [0.1, 0.15) is 83.1 Å². The van der Waals surface area contributed by atoms with Crippen molar-refractivity contribution in [2.45, 2.75) is 91.3 Å². The van der Waals surface area contributed by atoms with Crippen molar-refractivity contribution in [2.24, 2.45) is 10.8 Å². The molecule has 3 aliphatic rings. The Morgan fingerprint density at radius 1 is 0.857 bits per heavy atom. The van der Waals surface area contributed by atoms with E-state index in [4.69, 9.17) is 14.2 Å². The first-order valence-electron chi connectivity index (χ1n) is 12.5. The summed E-state index contributed by atoms with van der Waals surface area (Å²) >= 11 is 0. The van der Waals surface area contributed by atoms with Crippen molar-refractivity contribution in [1.29, 1.82) is 0 Å².